The molecule has 0 aliphatic carbocycles. The van der Waals surface area contributed by atoms with Gasteiger partial charge in [0.05, 0.1) is 14.2 Å². The molecular formula is C16H20N2O3. The molecule has 1 aromatic carbocycles. The molecule has 1 fully saturated rings. The van der Waals surface area contributed by atoms with Gasteiger partial charge in [-0.05, 0) is 43.0 Å². The van der Waals surface area contributed by atoms with Gasteiger partial charge in [0, 0.05) is 18.1 Å². The fourth-order valence-electron chi connectivity index (χ4n) is 2.64. The zero-order valence-corrected chi connectivity index (χ0v) is 12.4. The van der Waals surface area contributed by atoms with Crippen LogP contribution in [-0.4, -0.2) is 38.4 Å². The second-order valence-electron chi connectivity index (χ2n) is 5.13. The number of piperidine rings is 1. The summed E-state index contributed by atoms with van der Waals surface area (Å²) in [6.07, 6.45) is 4.12. The van der Waals surface area contributed by atoms with Crippen molar-refractivity contribution in [3.05, 3.63) is 24.4 Å². The van der Waals surface area contributed by atoms with E-state index in [0.29, 0.717) is 17.4 Å². The van der Waals surface area contributed by atoms with E-state index >= 15 is 0 Å². The first-order chi connectivity index (χ1) is 10.3. The highest BCUT2D eigenvalue weighted by Crippen LogP contribution is 2.35. The molecule has 112 valence electrons. The van der Waals surface area contributed by atoms with E-state index in [4.69, 9.17) is 14.2 Å². The summed E-state index contributed by atoms with van der Waals surface area (Å²) in [6, 6.07) is 5.82. The minimum atomic E-state index is 0.171. The van der Waals surface area contributed by atoms with Gasteiger partial charge in [0.1, 0.15) is 6.10 Å². The van der Waals surface area contributed by atoms with Gasteiger partial charge in [0.2, 0.25) is 5.88 Å². The number of ether oxygens (including phenoxy) is 3. The average Bonchev–Trinajstić information content (AvgIpc) is 2.55. The van der Waals surface area contributed by atoms with E-state index < -0.39 is 0 Å². The number of nitrogens with zero attached hydrogens (tertiary/aromatic N) is 1. The molecule has 0 saturated carbocycles. The normalized spacial score (nSPS) is 18.5. The molecule has 21 heavy (non-hydrogen) atoms. The molecule has 1 aromatic heterocycles. The highest BCUT2D eigenvalue weighted by atomic mass is 16.5. The number of aromatic nitrogens is 1. The van der Waals surface area contributed by atoms with E-state index in [9.17, 15) is 0 Å². The molecule has 0 radical (unpaired) electrons. The number of benzene rings is 1. The molecule has 2 aromatic rings. The SMILES string of the molecule is COc1cc2ccnc(OC3CCCNC3)c2cc1OC. The Morgan fingerprint density at radius 3 is 2.71 bits per heavy atom. The Kier molecular flexibility index (Phi) is 4.10. The van der Waals surface area contributed by atoms with Gasteiger partial charge in [-0.1, -0.05) is 0 Å². The van der Waals surface area contributed by atoms with Crippen LogP contribution in [0.4, 0.5) is 0 Å². The Balaban J connectivity index is 1.97. The van der Waals surface area contributed by atoms with Crippen molar-refractivity contribution in [3.8, 4) is 17.4 Å². The minimum absolute atomic E-state index is 0.171. The predicted molar refractivity (Wildman–Crippen MR) is 81.4 cm³/mol. The number of hydrogen-bond acceptors (Lipinski definition) is 5. The Bertz CT molecular complexity index is 624. The molecule has 5 heteroatoms. The van der Waals surface area contributed by atoms with Crippen LogP contribution in [0.3, 0.4) is 0 Å². The molecule has 1 atom stereocenters. The van der Waals surface area contributed by atoms with E-state index in [1.165, 1.54) is 0 Å². The summed E-state index contributed by atoms with van der Waals surface area (Å²) in [5.74, 6) is 2.05. The van der Waals surface area contributed by atoms with Crippen molar-refractivity contribution in [3.63, 3.8) is 0 Å². The van der Waals surface area contributed by atoms with Crippen LogP contribution in [0.15, 0.2) is 24.4 Å². The second-order valence-corrected chi connectivity index (χ2v) is 5.13. The Hall–Kier alpha value is -2.01. The number of nitrogens with one attached hydrogen (secondary N) is 1. The van der Waals surface area contributed by atoms with E-state index in [1.54, 1.807) is 20.4 Å². The lowest BCUT2D eigenvalue weighted by atomic mass is 10.1. The maximum absolute atomic E-state index is 6.07. The largest absolute Gasteiger partial charge is 0.493 e. The Morgan fingerprint density at radius 1 is 1.19 bits per heavy atom. The number of methoxy groups -OCH3 is 2. The molecule has 1 saturated heterocycles. The fourth-order valence-corrected chi connectivity index (χ4v) is 2.64. The van der Waals surface area contributed by atoms with Crippen LogP contribution in [0.2, 0.25) is 0 Å². The smallest absolute Gasteiger partial charge is 0.221 e. The monoisotopic (exact) mass is 288 g/mol. The van der Waals surface area contributed by atoms with Gasteiger partial charge in [0.25, 0.3) is 0 Å². The zero-order valence-electron chi connectivity index (χ0n) is 12.4. The molecule has 0 spiro atoms. The molecule has 3 rings (SSSR count). The van der Waals surface area contributed by atoms with Gasteiger partial charge in [0.15, 0.2) is 11.5 Å². The molecule has 1 unspecified atom stereocenters. The molecule has 0 amide bonds. The second kappa shape index (κ2) is 6.18. The zero-order chi connectivity index (χ0) is 14.7. The molecular weight excluding hydrogens is 268 g/mol. The molecule has 5 nitrogen and oxygen atoms in total. The number of hydrogen-bond donors (Lipinski definition) is 1. The van der Waals surface area contributed by atoms with Crippen LogP contribution in [0, 0.1) is 0 Å². The van der Waals surface area contributed by atoms with Crippen molar-refractivity contribution < 1.29 is 14.2 Å². The van der Waals surface area contributed by atoms with Crippen LogP contribution in [0.25, 0.3) is 10.8 Å². The summed E-state index contributed by atoms with van der Waals surface area (Å²) >= 11 is 0. The van der Waals surface area contributed by atoms with Crippen LogP contribution in [-0.2, 0) is 0 Å². The van der Waals surface area contributed by atoms with Crippen LogP contribution in [0.1, 0.15) is 12.8 Å². The lowest BCUT2D eigenvalue weighted by molar-refractivity contribution is 0.163. The number of pyridine rings is 1. The lowest BCUT2D eigenvalue weighted by Gasteiger charge is -2.24. The van der Waals surface area contributed by atoms with Gasteiger partial charge in [-0.15, -0.1) is 0 Å². The summed E-state index contributed by atoms with van der Waals surface area (Å²) in [5.41, 5.74) is 0. The highest BCUT2D eigenvalue weighted by molar-refractivity contribution is 5.89. The first-order valence-electron chi connectivity index (χ1n) is 7.20. The summed E-state index contributed by atoms with van der Waals surface area (Å²) in [6.45, 7) is 1.93. The van der Waals surface area contributed by atoms with Crippen molar-refractivity contribution in [1.29, 1.82) is 0 Å². The maximum Gasteiger partial charge on any atom is 0.221 e. The topological polar surface area (TPSA) is 52.6 Å². The van der Waals surface area contributed by atoms with Crippen molar-refractivity contribution in [1.82, 2.24) is 10.3 Å². The Morgan fingerprint density at radius 2 is 2.00 bits per heavy atom. The summed E-state index contributed by atoms with van der Waals surface area (Å²) in [7, 11) is 3.27. The van der Waals surface area contributed by atoms with Crippen LogP contribution < -0.4 is 19.5 Å². The van der Waals surface area contributed by atoms with E-state index in [2.05, 4.69) is 10.3 Å². The minimum Gasteiger partial charge on any atom is -0.493 e. The van der Waals surface area contributed by atoms with Gasteiger partial charge in [-0.2, -0.15) is 0 Å². The van der Waals surface area contributed by atoms with Crippen molar-refractivity contribution in [2.24, 2.45) is 0 Å². The number of fused-ring (bicyclic) bond motifs is 1. The van der Waals surface area contributed by atoms with Gasteiger partial charge in [-0.25, -0.2) is 4.98 Å². The van der Waals surface area contributed by atoms with Crippen LogP contribution in [0.5, 0.6) is 17.4 Å². The van der Waals surface area contributed by atoms with Gasteiger partial charge in [-0.3, -0.25) is 0 Å². The fraction of sp³-hybridized carbons (Fsp3) is 0.438. The van der Waals surface area contributed by atoms with Crippen molar-refractivity contribution in [2.45, 2.75) is 18.9 Å². The standard InChI is InChI=1S/C16H20N2O3/c1-19-14-8-11-5-7-18-16(13(11)9-15(14)20-2)21-12-4-3-6-17-10-12/h5,7-9,12,17H,3-4,6,10H2,1-2H3. The van der Waals surface area contributed by atoms with Gasteiger partial charge < -0.3 is 19.5 Å². The quantitative estimate of drug-likeness (QED) is 0.936. The summed E-state index contributed by atoms with van der Waals surface area (Å²) in [5, 5.41) is 5.32. The molecule has 0 bridgehead atoms. The summed E-state index contributed by atoms with van der Waals surface area (Å²) < 4.78 is 16.8. The van der Waals surface area contributed by atoms with E-state index in [1.807, 2.05) is 18.2 Å². The molecule has 1 aliphatic rings. The van der Waals surface area contributed by atoms with Gasteiger partial charge >= 0.3 is 0 Å². The lowest BCUT2D eigenvalue weighted by Crippen LogP contribution is -2.37. The molecule has 2 heterocycles. The molecule has 1 N–H and O–H groups in total. The van der Waals surface area contributed by atoms with E-state index in [-0.39, 0.29) is 6.10 Å². The third kappa shape index (κ3) is 2.88. The Labute approximate surface area is 124 Å². The summed E-state index contributed by atoms with van der Waals surface area (Å²) in [4.78, 5) is 4.39. The van der Waals surface area contributed by atoms with Crippen molar-refractivity contribution in [2.75, 3.05) is 27.3 Å². The first kappa shape index (κ1) is 13.9. The average molecular weight is 288 g/mol. The predicted octanol–water partition coefficient (Wildman–Crippen LogP) is 2.38. The number of rotatable bonds is 4. The first-order valence-corrected chi connectivity index (χ1v) is 7.20. The van der Waals surface area contributed by atoms with Crippen LogP contribution >= 0.6 is 0 Å². The highest BCUT2D eigenvalue weighted by Gasteiger charge is 2.17. The van der Waals surface area contributed by atoms with E-state index in [0.717, 1.165) is 36.7 Å². The third-order valence-electron chi connectivity index (χ3n) is 3.76. The maximum atomic E-state index is 6.07. The third-order valence-corrected chi connectivity index (χ3v) is 3.76. The molecule has 1 aliphatic heterocycles. The van der Waals surface area contributed by atoms with Crippen molar-refractivity contribution >= 4 is 10.8 Å².